The van der Waals surface area contributed by atoms with E-state index in [9.17, 15) is 17.6 Å². The van der Waals surface area contributed by atoms with Crippen LogP contribution in [0.4, 0.5) is 17.6 Å². The van der Waals surface area contributed by atoms with Crippen LogP contribution in [-0.4, -0.2) is 23.0 Å². The maximum Gasteiger partial charge on any atom is 0.241 e. The van der Waals surface area contributed by atoms with E-state index in [1.165, 1.54) is 30.5 Å². The molecule has 5 rings (SSSR count). The van der Waals surface area contributed by atoms with Gasteiger partial charge in [0.05, 0.1) is 6.61 Å². The van der Waals surface area contributed by atoms with Gasteiger partial charge in [-0.15, -0.1) is 0 Å². The van der Waals surface area contributed by atoms with Gasteiger partial charge in [-0.3, -0.25) is 0 Å². The van der Waals surface area contributed by atoms with Gasteiger partial charge in [-0.2, -0.15) is 0 Å². The van der Waals surface area contributed by atoms with Crippen LogP contribution in [0.2, 0.25) is 0 Å². The lowest BCUT2D eigenvalue weighted by atomic mass is 9.97. The predicted octanol–water partition coefficient (Wildman–Crippen LogP) is 6.95. The van der Waals surface area contributed by atoms with Gasteiger partial charge in [0.15, 0.2) is 0 Å². The molecule has 3 atom stereocenters. The number of pyridine rings is 2. The van der Waals surface area contributed by atoms with Crippen LogP contribution < -0.4 is 9.47 Å². The van der Waals surface area contributed by atoms with Gasteiger partial charge in [-0.05, 0) is 67.7 Å². The minimum Gasteiger partial charge on any atom is -0.478 e. The lowest BCUT2D eigenvalue weighted by Gasteiger charge is -2.16. The van der Waals surface area contributed by atoms with Crippen molar-refractivity contribution in [2.24, 2.45) is 11.8 Å². The zero-order valence-electron chi connectivity index (χ0n) is 20.5. The highest BCUT2D eigenvalue weighted by molar-refractivity contribution is 5.71. The zero-order valence-corrected chi connectivity index (χ0v) is 20.5. The number of nitrogens with zero attached hydrogens (tertiary/aromatic N) is 2. The van der Waals surface area contributed by atoms with Gasteiger partial charge >= 0.3 is 0 Å². The number of aromatic nitrogens is 2. The minimum atomic E-state index is -2.41. The normalized spacial score (nSPS) is 18.7. The Morgan fingerprint density at radius 1 is 1.03 bits per heavy atom. The first-order valence-corrected chi connectivity index (χ1v) is 12.2. The van der Waals surface area contributed by atoms with Gasteiger partial charge in [0.1, 0.15) is 18.2 Å². The molecule has 2 aliphatic rings. The van der Waals surface area contributed by atoms with Crippen LogP contribution >= 0.6 is 0 Å². The van der Waals surface area contributed by atoms with E-state index in [0.717, 1.165) is 18.4 Å². The molecule has 1 saturated carbocycles. The van der Waals surface area contributed by atoms with Crippen molar-refractivity contribution in [3.05, 3.63) is 70.0 Å². The van der Waals surface area contributed by atoms with E-state index >= 15 is 0 Å². The summed E-state index contributed by atoms with van der Waals surface area (Å²) in [6.45, 7) is 4.95. The number of hydrogen-bond acceptors (Lipinski definition) is 4. The van der Waals surface area contributed by atoms with E-state index in [0.29, 0.717) is 28.6 Å². The molecule has 1 aromatic carbocycles. The topological polar surface area (TPSA) is 44.2 Å². The third-order valence-electron chi connectivity index (χ3n) is 7.21. The second-order valence-electron chi connectivity index (χ2n) is 9.93. The van der Waals surface area contributed by atoms with E-state index in [2.05, 4.69) is 9.97 Å². The number of alkyl halides is 2. The predicted molar refractivity (Wildman–Crippen MR) is 127 cm³/mol. The molecule has 0 radical (unpaired) electrons. The summed E-state index contributed by atoms with van der Waals surface area (Å²) in [5, 5.41) is 0. The van der Waals surface area contributed by atoms with Gasteiger partial charge in [0.2, 0.25) is 18.2 Å². The highest BCUT2D eigenvalue weighted by Gasteiger charge is 2.45. The van der Waals surface area contributed by atoms with Gasteiger partial charge in [0.25, 0.3) is 0 Å². The molecule has 2 aromatic heterocycles. The number of rotatable bonds is 9. The summed E-state index contributed by atoms with van der Waals surface area (Å²) < 4.78 is 66.2. The number of halogens is 4. The second kappa shape index (κ2) is 9.71. The van der Waals surface area contributed by atoms with Crippen molar-refractivity contribution in [2.45, 2.75) is 59.0 Å². The molecule has 190 valence electrons. The molecular weight excluding hydrogens is 472 g/mol. The zero-order chi connectivity index (χ0) is 25.6. The molecule has 0 N–H and O–H groups in total. The SMILES string of the molecule is Cc1cc(OCCC(C)C(F)F)nc(C)c1-c1cc(COc2cc3c(cn2)C2CC2C3)c(F)cc1F. The maximum atomic E-state index is 14.9. The van der Waals surface area contributed by atoms with Crippen molar-refractivity contribution in [3.8, 4) is 22.9 Å². The lowest BCUT2D eigenvalue weighted by molar-refractivity contribution is 0.0729. The van der Waals surface area contributed by atoms with Crippen LogP contribution in [0.3, 0.4) is 0 Å². The maximum absolute atomic E-state index is 14.9. The van der Waals surface area contributed by atoms with Gasteiger partial charge in [0, 0.05) is 52.7 Å². The Labute approximate surface area is 207 Å². The van der Waals surface area contributed by atoms with Crippen molar-refractivity contribution >= 4 is 0 Å². The van der Waals surface area contributed by atoms with Crippen LogP contribution in [0.25, 0.3) is 11.1 Å². The molecule has 0 bridgehead atoms. The molecule has 2 heterocycles. The Hall–Kier alpha value is -3.16. The number of hydrogen-bond donors (Lipinski definition) is 0. The lowest BCUT2D eigenvalue weighted by Crippen LogP contribution is -2.12. The fourth-order valence-corrected chi connectivity index (χ4v) is 5.01. The van der Waals surface area contributed by atoms with E-state index in [4.69, 9.17) is 9.47 Å². The fourth-order valence-electron chi connectivity index (χ4n) is 5.01. The van der Waals surface area contributed by atoms with E-state index in [1.807, 2.05) is 12.3 Å². The molecule has 0 aliphatic heterocycles. The van der Waals surface area contributed by atoms with E-state index < -0.39 is 24.0 Å². The fraction of sp³-hybridized carbons (Fsp3) is 0.429. The summed E-state index contributed by atoms with van der Waals surface area (Å²) in [6.07, 6.45) is 1.90. The van der Waals surface area contributed by atoms with Crippen LogP contribution in [0.1, 0.15) is 53.6 Å². The van der Waals surface area contributed by atoms with Crippen LogP contribution in [0.15, 0.2) is 30.5 Å². The summed E-state index contributed by atoms with van der Waals surface area (Å²) in [7, 11) is 0. The smallest absolute Gasteiger partial charge is 0.241 e. The Bertz CT molecular complexity index is 1270. The quantitative estimate of drug-likeness (QED) is 0.298. The summed E-state index contributed by atoms with van der Waals surface area (Å²) in [6, 6.07) is 5.85. The van der Waals surface area contributed by atoms with E-state index in [1.54, 1.807) is 19.9 Å². The van der Waals surface area contributed by atoms with Crippen molar-refractivity contribution in [1.29, 1.82) is 0 Å². The summed E-state index contributed by atoms with van der Waals surface area (Å²) in [4.78, 5) is 8.74. The molecule has 0 amide bonds. The molecule has 36 heavy (non-hydrogen) atoms. The second-order valence-corrected chi connectivity index (χ2v) is 9.93. The van der Waals surface area contributed by atoms with Crippen LogP contribution in [0, 0.1) is 37.3 Å². The number of ether oxygens (including phenoxy) is 2. The first-order chi connectivity index (χ1) is 17.2. The van der Waals surface area contributed by atoms with Gasteiger partial charge in [-0.1, -0.05) is 6.92 Å². The molecule has 2 aliphatic carbocycles. The van der Waals surface area contributed by atoms with Gasteiger partial charge in [-0.25, -0.2) is 27.5 Å². The molecule has 0 saturated heterocycles. The largest absolute Gasteiger partial charge is 0.478 e. The minimum absolute atomic E-state index is 0.0905. The summed E-state index contributed by atoms with van der Waals surface area (Å²) >= 11 is 0. The van der Waals surface area contributed by atoms with Crippen molar-refractivity contribution in [2.75, 3.05) is 6.61 Å². The number of benzene rings is 1. The molecule has 4 nitrogen and oxygen atoms in total. The van der Waals surface area contributed by atoms with Crippen LogP contribution in [-0.2, 0) is 13.0 Å². The highest BCUT2D eigenvalue weighted by atomic mass is 19.3. The first kappa shape index (κ1) is 24.5. The first-order valence-electron chi connectivity index (χ1n) is 12.2. The number of fused-ring (bicyclic) bond motifs is 3. The van der Waals surface area contributed by atoms with Crippen molar-refractivity contribution < 1.29 is 27.0 Å². The molecule has 8 heteroatoms. The Kier molecular flexibility index (Phi) is 6.62. The summed E-state index contributed by atoms with van der Waals surface area (Å²) in [5.41, 5.74) is 4.63. The van der Waals surface area contributed by atoms with Crippen molar-refractivity contribution in [3.63, 3.8) is 0 Å². The standard InChI is InChI=1S/C28H28F4N2O2/c1-14(28(31)32)4-5-35-26-6-15(2)27(16(3)34-26)21-9-19(23(29)11-24(21)30)13-36-25-10-18-7-17-8-20(17)22(18)12-33-25/h6,9-12,14,17,20,28H,4-5,7-8,13H2,1-3H3. The summed E-state index contributed by atoms with van der Waals surface area (Å²) in [5.74, 6) is -0.116. The number of aryl methyl sites for hydroxylation is 2. The average Bonchev–Trinajstić information content (AvgIpc) is 3.49. The van der Waals surface area contributed by atoms with Crippen molar-refractivity contribution in [1.82, 2.24) is 9.97 Å². The van der Waals surface area contributed by atoms with Gasteiger partial charge < -0.3 is 9.47 Å². The Balaban J connectivity index is 1.32. The third-order valence-corrected chi connectivity index (χ3v) is 7.21. The Morgan fingerprint density at radius 3 is 2.58 bits per heavy atom. The molecule has 0 spiro atoms. The monoisotopic (exact) mass is 500 g/mol. The molecule has 3 aromatic rings. The van der Waals surface area contributed by atoms with E-state index in [-0.39, 0.29) is 36.6 Å². The molecule has 3 unspecified atom stereocenters. The Morgan fingerprint density at radius 2 is 1.83 bits per heavy atom. The molecular formula is C28H28F4N2O2. The highest BCUT2D eigenvalue weighted by Crippen LogP contribution is 2.56. The average molecular weight is 501 g/mol. The third kappa shape index (κ3) is 4.90. The van der Waals surface area contributed by atoms with Crippen LogP contribution in [0.5, 0.6) is 11.8 Å². The molecule has 1 fully saturated rings.